The number of nitrogens with one attached hydrogen (secondary N) is 1. The van der Waals surface area contributed by atoms with Gasteiger partial charge < -0.3 is 5.32 Å². The molecule has 0 spiro atoms. The molecule has 0 bridgehead atoms. The minimum absolute atomic E-state index is 0.0635. The molecule has 1 amide bonds. The van der Waals surface area contributed by atoms with Crippen molar-refractivity contribution in [2.45, 2.75) is 43.6 Å². The molecule has 0 aromatic carbocycles. The van der Waals surface area contributed by atoms with E-state index in [4.69, 9.17) is 0 Å². The lowest BCUT2D eigenvalue weighted by molar-refractivity contribution is -0.186. The van der Waals surface area contributed by atoms with Crippen LogP contribution in [0.25, 0.3) is 0 Å². The van der Waals surface area contributed by atoms with Crippen molar-refractivity contribution >= 4 is 21.8 Å². The minimum atomic E-state index is -4.17. The van der Waals surface area contributed by atoms with E-state index in [1.165, 1.54) is 0 Å². The van der Waals surface area contributed by atoms with E-state index in [-0.39, 0.29) is 23.6 Å². The van der Waals surface area contributed by atoms with Gasteiger partial charge in [-0.15, -0.1) is 0 Å². The third kappa shape index (κ3) is 4.85. The minimum Gasteiger partial charge on any atom is -0.355 e. The zero-order chi connectivity index (χ0) is 13.1. The van der Waals surface area contributed by atoms with Crippen LogP contribution in [-0.4, -0.2) is 23.5 Å². The van der Waals surface area contributed by atoms with Crippen LogP contribution in [0.1, 0.15) is 32.6 Å². The molecule has 1 fully saturated rings. The molecule has 0 aromatic heterocycles. The Morgan fingerprint density at radius 1 is 1.47 bits per heavy atom. The van der Waals surface area contributed by atoms with E-state index in [9.17, 15) is 18.0 Å². The highest BCUT2D eigenvalue weighted by atomic mass is 79.9. The quantitative estimate of drug-likeness (QED) is 0.796. The molecule has 100 valence electrons. The average molecular weight is 316 g/mol. The standard InChI is InChI=1S/C11H17BrF3NO/c1-7(12)6-16-10(17)8-3-2-4-9(5-8)11(13,14)15/h7-9H,2-6H2,1H3,(H,16,17). The van der Waals surface area contributed by atoms with Crippen LogP contribution in [0.2, 0.25) is 0 Å². The summed E-state index contributed by atoms with van der Waals surface area (Å²) in [6, 6.07) is 0. The summed E-state index contributed by atoms with van der Waals surface area (Å²) < 4.78 is 37.7. The van der Waals surface area contributed by atoms with Crippen molar-refractivity contribution in [2.24, 2.45) is 11.8 Å². The highest BCUT2D eigenvalue weighted by molar-refractivity contribution is 9.09. The van der Waals surface area contributed by atoms with Crippen molar-refractivity contribution in [1.29, 1.82) is 0 Å². The van der Waals surface area contributed by atoms with Gasteiger partial charge in [-0.25, -0.2) is 0 Å². The Kier molecular flexibility index (Phi) is 5.28. The van der Waals surface area contributed by atoms with Gasteiger partial charge in [-0.3, -0.25) is 4.79 Å². The molecule has 2 nitrogen and oxygen atoms in total. The Morgan fingerprint density at radius 2 is 2.12 bits per heavy atom. The molecule has 1 aliphatic carbocycles. The fourth-order valence-electron chi connectivity index (χ4n) is 2.11. The third-order valence-electron chi connectivity index (χ3n) is 3.07. The molecular weight excluding hydrogens is 299 g/mol. The molecule has 17 heavy (non-hydrogen) atoms. The number of carbonyl (C=O) groups excluding carboxylic acids is 1. The Morgan fingerprint density at radius 3 is 2.65 bits per heavy atom. The summed E-state index contributed by atoms with van der Waals surface area (Å²) in [6.45, 7) is 2.33. The van der Waals surface area contributed by atoms with Gasteiger partial charge in [0.15, 0.2) is 0 Å². The van der Waals surface area contributed by atoms with Crippen molar-refractivity contribution in [3.63, 3.8) is 0 Å². The van der Waals surface area contributed by atoms with Crippen molar-refractivity contribution in [1.82, 2.24) is 5.32 Å². The van der Waals surface area contributed by atoms with Crippen molar-refractivity contribution in [3.05, 3.63) is 0 Å². The zero-order valence-corrected chi connectivity index (χ0v) is 11.3. The van der Waals surface area contributed by atoms with Crippen LogP contribution in [0, 0.1) is 11.8 Å². The third-order valence-corrected chi connectivity index (χ3v) is 3.39. The first kappa shape index (κ1) is 14.8. The summed E-state index contributed by atoms with van der Waals surface area (Å²) in [5, 5.41) is 2.67. The maximum absolute atomic E-state index is 12.6. The molecule has 3 unspecified atom stereocenters. The Bertz CT molecular complexity index is 268. The van der Waals surface area contributed by atoms with Gasteiger partial charge in [0.2, 0.25) is 5.91 Å². The number of halogens is 4. The van der Waals surface area contributed by atoms with Gasteiger partial charge in [0.05, 0.1) is 5.92 Å². The van der Waals surface area contributed by atoms with Crippen LogP contribution in [-0.2, 0) is 4.79 Å². The number of hydrogen-bond donors (Lipinski definition) is 1. The average Bonchev–Trinajstić information content (AvgIpc) is 2.25. The van der Waals surface area contributed by atoms with E-state index in [1.54, 1.807) is 0 Å². The second-order valence-corrected chi connectivity index (χ2v) is 6.19. The number of amides is 1. The van der Waals surface area contributed by atoms with Gasteiger partial charge in [0.1, 0.15) is 0 Å². The lowest BCUT2D eigenvalue weighted by Crippen LogP contribution is -2.38. The smallest absolute Gasteiger partial charge is 0.355 e. The summed E-state index contributed by atoms with van der Waals surface area (Å²) in [5.74, 6) is -2.04. The van der Waals surface area contributed by atoms with Gasteiger partial charge in [0, 0.05) is 17.3 Å². The monoisotopic (exact) mass is 315 g/mol. The second-order valence-electron chi connectivity index (χ2n) is 4.63. The molecule has 0 radical (unpaired) electrons. The number of hydrogen-bond acceptors (Lipinski definition) is 1. The van der Waals surface area contributed by atoms with E-state index in [0.717, 1.165) is 0 Å². The summed E-state index contributed by atoms with van der Waals surface area (Å²) >= 11 is 3.28. The molecule has 3 atom stereocenters. The van der Waals surface area contributed by atoms with E-state index >= 15 is 0 Å². The molecule has 6 heteroatoms. The van der Waals surface area contributed by atoms with E-state index in [0.29, 0.717) is 19.4 Å². The molecule has 1 aliphatic rings. The van der Waals surface area contributed by atoms with Gasteiger partial charge in [-0.2, -0.15) is 13.2 Å². The van der Waals surface area contributed by atoms with E-state index in [1.807, 2.05) is 6.92 Å². The summed E-state index contributed by atoms with van der Waals surface area (Å²) in [7, 11) is 0. The predicted molar refractivity (Wildman–Crippen MR) is 62.9 cm³/mol. The van der Waals surface area contributed by atoms with Crippen LogP contribution in [0.4, 0.5) is 13.2 Å². The maximum Gasteiger partial charge on any atom is 0.391 e. The lowest BCUT2D eigenvalue weighted by Gasteiger charge is -2.29. The molecule has 1 saturated carbocycles. The zero-order valence-electron chi connectivity index (χ0n) is 9.69. The molecule has 1 N–H and O–H groups in total. The van der Waals surface area contributed by atoms with Crippen LogP contribution < -0.4 is 5.32 Å². The van der Waals surface area contributed by atoms with Crippen LogP contribution in [0.3, 0.4) is 0 Å². The first-order chi connectivity index (χ1) is 7.80. The van der Waals surface area contributed by atoms with Crippen molar-refractivity contribution in [3.8, 4) is 0 Å². The highest BCUT2D eigenvalue weighted by Crippen LogP contribution is 2.39. The summed E-state index contributed by atoms with van der Waals surface area (Å²) in [5.41, 5.74) is 0. The fourth-order valence-corrected chi connectivity index (χ4v) is 2.27. The number of rotatable bonds is 3. The lowest BCUT2D eigenvalue weighted by atomic mass is 9.80. The Hall–Kier alpha value is -0.260. The van der Waals surface area contributed by atoms with Crippen molar-refractivity contribution in [2.75, 3.05) is 6.54 Å². The molecule has 0 heterocycles. The predicted octanol–water partition coefficient (Wildman–Crippen LogP) is 3.25. The van der Waals surface area contributed by atoms with Crippen LogP contribution in [0.15, 0.2) is 0 Å². The molecule has 1 rings (SSSR count). The molecule has 0 aliphatic heterocycles. The molecule has 0 saturated heterocycles. The fraction of sp³-hybridized carbons (Fsp3) is 0.909. The normalized spacial score (nSPS) is 27.6. The van der Waals surface area contributed by atoms with Gasteiger partial charge in [-0.1, -0.05) is 29.3 Å². The first-order valence-electron chi connectivity index (χ1n) is 5.79. The summed E-state index contributed by atoms with van der Waals surface area (Å²) in [4.78, 5) is 11.8. The van der Waals surface area contributed by atoms with E-state index < -0.39 is 18.0 Å². The van der Waals surface area contributed by atoms with Gasteiger partial charge in [-0.05, 0) is 19.3 Å². The summed E-state index contributed by atoms with van der Waals surface area (Å²) in [6.07, 6.45) is -3.03. The molecular formula is C11H17BrF3NO. The van der Waals surface area contributed by atoms with Gasteiger partial charge in [0.25, 0.3) is 0 Å². The maximum atomic E-state index is 12.6. The van der Waals surface area contributed by atoms with E-state index in [2.05, 4.69) is 21.2 Å². The SMILES string of the molecule is CC(Br)CNC(=O)C1CCCC(C(F)(F)F)C1. The largest absolute Gasteiger partial charge is 0.391 e. The number of alkyl halides is 4. The number of carbonyl (C=O) groups is 1. The van der Waals surface area contributed by atoms with Crippen molar-refractivity contribution < 1.29 is 18.0 Å². The topological polar surface area (TPSA) is 29.1 Å². The van der Waals surface area contributed by atoms with Gasteiger partial charge >= 0.3 is 6.18 Å². The Balaban J connectivity index is 2.46. The van der Waals surface area contributed by atoms with Crippen LogP contribution in [0.5, 0.6) is 0 Å². The first-order valence-corrected chi connectivity index (χ1v) is 6.70. The highest BCUT2D eigenvalue weighted by Gasteiger charge is 2.43. The molecule has 0 aromatic rings. The Labute approximate surface area is 107 Å². The second kappa shape index (κ2) is 6.07. The van der Waals surface area contributed by atoms with Crippen LogP contribution >= 0.6 is 15.9 Å².